The summed E-state index contributed by atoms with van der Waals surface area (Å²) in [5.41, 5.74) is -0.640. The number of amides is 2. The molecule has 4 aliphatic rings. The second kappa shape index (κ2) is 11.3. The molecule has 12 heteroatoms. The molecule has 0 spiro atoms. The van der Waals surface area contributed by atoms with E-state index in [4.69, 9.17) is 14.2 Å². The number of fused-ring (bicyclic) bond motifs is 6. The fraction of sp³-hybridized carbons (Fsp3) is 0.667. The van der Waals surface area contributed by atoms with Gasteiger partial charge in [-0.3, -0.25) is 9.59 Å². The topological polar surface area (TPSA) is 120 Å². The number of methoxy groups -OCH3 is 1. The van der Waals surface area contributed by atoms with Gasteiger partial charge in [0.05, 0.1) is 30.7 Å². The number of carbonyl (C=O) groups excluding carboxylic acids is 3. The SMILES string of the molecule is COc1ccc2nc3c(nc2c1)O[C@H]1CN(C(=O)[C@H](C(C)(C)C)NC(=O)O[C@@H]2C[C@H]2CCCC2CC2C3(F)F)[C@H](C(C)=O)[C@@H]1C. The van der Waals surface area contributed by atoms with Gasteiger partial charge in [-0.2, -0.15) is 8.78 Å². The summed E-state index contributed by atoms with van der Waals surface area (Å²) < 4.78 is 49.9. The molecule has 1 N–H and O–H groups in total. The van der Waals surface area contributed by atoms with Gasteiger partial charge in [0, 0.05) is 17.9 Å². The number of rotatable bonds is 2. The quantitative estimate of drug-likeness (QED) is 0.478. The van der Waals surface area contributed by atoms with E-state index in [1.54, 1.807) is 25.1 Å². The zero-order chi connectivity index (χ0) is 32.4. The first-order valence-corrected chi connectivity index (χ1v) is 15.9. The Labute approximate surface area is 261 Å². The standard InChI is InChI=1S/C33H42F2N4O6/c1-16-25-15-39(26(16)17(2)40)30(41)28(32(3,4)5)38-31(42)45-24-13-19(24)9-7-8-18-12-21(18)33(34,35)27-29(44-25)37-23-14-20(43-6)10-11-22(23)36-27/h10-11,14,16,18-19,21,24-26,28H,7-9,12-13,15H2,1-6H3,(H,38,42)/t16-,18?,19-,21?,24-,25+,26+,28-/m1/s1. The minimum absolute atomic E-state index is 0.0624. The van der Waals surface area contributed by atoms with Gasteiger partial charge < -0.3 is 24.4 Å². The van der Waals surface area contributed by atoms with Crippen molar-refractivity contribution in [1.82, 2.24) is 20.2 Å². The van der Waals surface area contributed by atoms with Crippen LogP contribution < -0.4 is 14.8 Å². The van der Waals surface area contributed by atoms with Crippen LogP contribution in [-0.2, 0) is 20.2 Å². The lowest BCUT2D eigenvalue weighted by molar-refractivity contribution is -0.141. The van der Waals surface area contributed by atoms with Crippen LogP contribution in [-0.4, -0.2) is 70.6 Å². The first kappa shape index (κ1) is 31.4. The number of ether oxygens (including phenoxy) is 3. The number of nitrogens with zero attached hydrogens (tertiary/aromatic N) is 3. The molecule has 244 valence electrons. The van der Waals surface area contributed by atoms with Crippen LogP contribution in [0.2, 0.25) is 0 Å². The second-order valence-corrected chi connectivity index (χ2v) is 14.3. The van der Waals surface area contributed by atoms with Crippen molar-refractivity contribution in [3.63, 3.8) is 0 Å². The predicted octanol–water partition coefficient (Wildman–Crippen LogP) is 5.26. The van der Waals surface area contributed by atoms with Crippen LogP contribution in [0.15, 0.2) is 18.2 Å². The van der Waals surface area contributed by atoms with Crippen LogP contribution in [0.25, 0.3) is 11.0 Å². The molecule has 6 rings (SSSR count). The van der Waals surface area contributed by atoms with Gasteiger partial charge in [-0.25, -0.2) is 14.8 Å². The van der Waals surface area contributed by atoms with Crippen molar-refractivity contribution in [2.45, 2.75) is 96.9 Å². The average Bonchev–Trinajstić information content (AvgIpc) is 3.88. The van der Waals surface area contributed by atoms with Gasteiger partial charge in [0.25, 0.3) is 5.92 Å². The summed E-state index contributed by atoms with van der Waals surface area (Å²) in [6.45, 7) is 8.54. The molecule has 3 heterocycles. The molecule has 1 aromatic carbocycles. The third-order valence-corrected chi connectivity index (χ3v) is 9.94. The van der Waals surface area contributed by atoms with Crippen LogP contribution in [0.1, 0.15) is 72.4 Å². The van der Waals surface area contributed by atoms with E-state index in [2.05, 4.69) is 15.3 Å². The van der Waals surface area contributed by atoms with E-state index >= 15 is 8.78 Å². The number of ketones is 1. The summed E-state index contributed by atoms with van der Waals surface area (Å²) in [6.07, 6.45) is 1.45. The van der Waals surface area contributed by atoms with Crippen molar-refractivity contribution in [1.29, 1.82) is 0 Å². The Morgan fingerprint density at radius 1 is 1.07 bits per heavy atom. The molecule has 3 fully saturated rings. The molecule has 2 bridgehead atoms. The number of Topliss-reactive ketones (excluding diaryl/α,β-unsaturated/α-hetero) is 1. The number of benzene rings is 1. The highest BCUT2D eigenvalue weighted by Gasteiger charge is 2.58. The van der Waals surface area contributed by atoms with Gasteiger partial charge in [-0.1, -0.05) is 34.1 Å². The lowest BCUT2D eigenvalue weighted by atomic mass is 9.85. The van der Waals surface area contributed by atoms with Crippen molar-refractivity contribution >= 4 is 28.8 Å². The second-order valence-electron chi connectivity index (χ2n) is 14.3. The number of carbonyl (C=O) groups is 3. The molecule has 10 nitrogen and oxygen atoms in total. The maximum absolute atomic E-state index is 16.3. The highest BCUT2D eigenvalue weighted by molar-refractivity contribution is 5.92. The number of halogens is 2. The maximum Gasteiger partial charge on any atom is 0.408 e. The molecular formula is C33H42F2N4O6. The van der Waals surface area contributed by atoms with E-state index in [9.17, 15) is 14.4 Å². The molecule has 2 aromatic rings. The highest BCUT2D eigenvalue weighted by Crippen LogP contribution is 2.57. The number of nitrogens with one attached hydrogen (secondary N) is 1. The molecule has 2 saturated carbocycles. The normalized spacial score (nSPS) is 33.2. The number of aromatic nitrogens is 2. The lowest BCUT2D eigenvalue weighted by Gasteiger charge is -2.35. The molecule has 8 atom stereocenters. The number of hydrogen-bond donors (Lipinski definition) is 1. The van der Waals surface area contributed by atoms with Gasteiger partial charge in [0.15, 0.2) is 11.5 Å². The Morgan fingerprint density at radius 3 is 2.49 bits per heavy atom. The van der Waals surface area contributed by atoms with Gasteiger partial charge >= 0.3 is 6.09 Å². The van der Waals surface area contributed by atoms with Crippen molar-refractivity contribution < 1.29 is 37.4 Å². The number of alkyl carbamates (subject to hydrolysis) is 1. The first-order chi connectivity index (χ1) is 21.2. The summed E-state index contributed by atoms with van der Waals surface area (Å²) in [6, 6.07) is 2.95. The van der Waals surface area contributed by atoms with Crippen molar-refractivity contribution in [3.8, 4) is 11.6 Å². The van der Waals surface area contributed by atoms with Crippen LogP contribution >= 0.6 is 0 Å². The Balaban J connectivity index is 1.41. The summed E-state index contributed by atoms with van der Waals surface area (Å²) in [7, 11) is 1.50. The molecule has 2 amide bonds. The summed E-state index contributed by atoms with van der Waals surface area (Å²) in [5, 5.41) is 2.77. The summed E-state index contributed by atoms with van der Waals surface area (Å²) in [4.78, 5) is 50.4. The van der Waals surface area contributed by atoms with Gasteiger partial charge in [0.1, 0.15) is 24.0 Å². The molecule has 0 radical (unpaired) electrons. The van der Waals surface area contributed by atoms with Gasteiger partial charge in [0.2, 0.25) is 11.8 Å². The van der Waals surface area contributed by atoms with Crippen LogP contribution in [0.3, 0.4) is 0 Å². The zero-order valence-corrected chi connectivity index (χ0v) is 26.6. The van der Waals surface area contributed by atoms with Crippen molar-refractivity contribution in [3.05, 3.63) is 23.9 Å². The fourth-order valence-electron chi connectivity index (χ4n) is 7.11. The van der Waals surface area contributed by atoms with Crippen LogP contribution in [0.5, 0.6) is 11.6 Å². The third kappa shape index (κ3) is 6.04. The molecule has 1 saturated heterocycles. The van der Waals surface area contributed by atoms with Crippen molar-refractivity contribution in [2.24, 2.45) is 29.1 Å². The Morgan fingerprint density at radius 2 is 1.80 bits per heavy atom. The lowest BCUT2D eigenvalue weighted by Crippen LogP contribution is -2.57. The molecule has 45 heavy (non-hydrogen) atoms. The molecular weight excluding hydrogens is 586 g/mol. The van der Waals surface area contributed by atoms with E-state index in [1.165, 1.54) is 18.9 Å². The van der Waals surface area contributed by atoms with E-state index in [0.29, 0.717) is 30.5 Å². The fourth-order valence-corrected chi connectivity index (χ4v) is 7.11. The van der Waals surface area contributed by atoms with E-state index in [1.807, 2.05) is 20.8 Å². The van der Waals surface area contributed by atoms with E-state index in [0.717, 1.165) is 12.8 Å². The molecule has 1 aromatic heterocycles. The minimum Gasteiger partial charge on any atom is -0.497 e. The highest BCUT2D eigenvalue weighted by atomic mass is 19.3. The van der Waals surface area contributed by atoms with Crippen LogP contribution in [0.4, 0.5) is 13.6 Å². The molecule has 2 aliphatic carbocycles. The van der Waals surface area contributed by atoms with Crippen molar-refractivity contribution in [2.75, 3.05) is 13.7 Å². The summed E-state index contributed by atoms with van der Waals surface area (Å²) >= 11 is 0. The zero-order valence-electron chi connectivity index (χ0n) is 26.6. The smallest absolute Gasteiger partial charge is 0.408 e. The minimum atomic E-state index is -3.31. The third-order valence-electron chi connectivity index (χ3n) is 9.94. The van der Waals surface area contributed by atoms with E-state index < -0.39 is 59.1 Å². The largest absolute Gasteiger partial charge is 0.497 e. The summed E-state index contributed by atoms with van der Waals surface area (Å²) in [5.74, 6) is -5.34. The molecule has 2 aliphatic heterocycles. The monoisotopic (exact) mass is 628 g/mol. The van der Waals surface area contributed by atoms with Gasteiger partial charge in [-0.15, -0.1) is 0 Å². The average molecular weight is 629 g/mol. The molecule has 2 unspecified atom stereocenters. The Kier molecular flexibility index (Phi) is 7.92. The van der Waals surface area contributed by atoms with Gasteiger partial charge in [-0.05, 0) is 62.0 Å². The Bertz CT molecular complexity index is 1510. The number of alkyl halides is 2. The van der Waals surface area contributed by atoms with E-state index in [-0.39, 0.29) is 41.7 Å². The number of hydrogen-bond acceptors (Lipinski definition) is 8. The predicted molar refractivity (Wildman–Crippen MR) is 160 cm³/mol. The van der Waals surface area contributed by atoms with Crippen LogP contribution in [0, 0.1) is 29.1 Å². The maximum atomic E-state index is 16.3. The first-order valence-electron chi connectivity index (χ1n) is 15.9. The Hall–Kier alpha value is -3.57.